The molecule has 1 atom stereocenters. The van der Waals surface area contributed by atoms with Crippen molar-refractivity contribution in [2.45, 2.75) is 56.1 Å². The molecule has 4 rings (SSSR count). The van der Waals surface area contributed by atoms with Crippen LogP contribution in [0.5, 0.6) is 5.75 Å². The van der Waals surface area contributed by atoms with Crippen molar-refractivity contribution < 1.29 is 32.2 Å². The van der Waals surface area contributed by atoms with Crippen LogP contribution in [0.15, 0.2) is 17.6 Å². The second-order valence-corrected chi connectivity index (χ2v) is 9.05. The van der Waals surface area contributed by atoms with E-state index in [1.165, 1.54) is 23.5 Å². The number of carbonyl (C=O) groups excluding carboxylic acids is 1. The lowest BCUT2D eigenvalue weighted by atomic mass is 9.90. The van der Waals surface area contributed by atoms with Gasteiger partial charge < -0.3 is 25.4 Å². The Labute approximate surface area is 185 Å². The van der Waals surface area contributed by atoms with Gasteiger partial charge in [0.15, 0.2) is 0 Å². The van der Waals surface area contributed by atoms with Crippen molar-refractivity contribution in [3.05, 3.63) is 23.5 Å². The third-order valence-corrected chi connectivity index (χ3v) is 6.72. The second kappa shape index (κ2) is 9.36. The highest BCUT2D eigenvalue weighted by Crippen LogP contribution is 2.32. The maximum Gasteiger partial charge on any atom is 0.406 e. The van der Waals surface area contributed by atoms with E-state index in [0.29, 0.717) is 50.0 Å². The predicted octanol–water partition coefficient (Wildman–Crippen LogP) is 3.03. The van der Waals surface area contributed by atoms with Crippen LogP contribution in [0.1, 0.15) is 25.7 Å². The third kappa shape index (κ3) is 5.24. The summed E-state index contributed by atoms with van der Waals surface area (Å²) in [6.07, 6.45) is -2.67. The molecule has 1 aromatic carbocycles. The minimum Gasteiger partial charge on any atom is -0.485 e. The zero-order valence-electron chi connectivity index (χ0n) is 17.1. The van der Waals surface area contributed by atoms with E-state index < -0.39 is 24.6 Å². The molecule has 1 saturated heterocycles. The molecule has 0 bridgehead atoms. The van der Waals surface area contributed by atoms with Gasteiger partial charge in [0, 0.05) is 24.2 Å². The summed E-state index contributed by atoms with van der Waals surface area (Å²) in [5.41, 5.74) is 2.15. The summed E-state index contributed by atoms with van der Waals surface area (Å²) in [6.45, 7) is -0.269. The number of rotatable bonds is 6. The Kier molecular flexibility index (Phi) is 6.72. The zero-order valence-corrected chi connectivity index (χ0v) is 17.9. The molecule has 2 aromatic rings. The van der Waals surface area contributed by atoms with Crippen LogP contribution in [0, 0.1) is 5.82 Å². The summed E-state index contributed by atoms with van der Waals surface area (Å²) in [4.78, 5) is 18.1. The molecule has 1 aromatic heterocycles. The third-order valence-electron chi connectivity index (χ3n) is 5.86. The summed E-state index contributed by atoms with van der Waals surface area (Å²) in [7, 11) is 0. The van der Waals surface area contributed by atoms with Gasteiger partial charge in [0.05, 0.1) is 35.4 Å². The largest absolute Gasteiger partial charge is 0.485 e. The molecule has 2 fully saturated rings. The van der Waals surface area contributed by atoms with Gasteiger partial charge in [-0.3, -0.25) is 0 Å². The van der Waals surface area contributed by atoms with Gasteiger partial charge in [0.1, 0.15) is 23.7 Å². The van der Waals surface area contributed by atoms with Crippen LogP contribution < -0.4 is 15.4 Å². The van der Waals surface area contributed by atoms with Gasteiger partial charge in [-0.15, -0.1) is 11.3 Å². The van der Waals surface area contributed by atoms with E-state index in [1.54, 1.807) is 10.4 Å². The quantitative estimate of drug-likeness (QED) is 0.558. The molecule has 2 heterocycles. The number of aliphatic hydroxyl groups excluding tert-OH is 1. The van der Waals surface area contributed by atoms with Crippen LogP contribution in [-0.4, -0.2) is 71.1 Å². The van der Waals surface area contributed by atoms with Crippen molar-refractivity contribution in [3.63, 3.8) is 0 Å². The molecule has 2 aliphatic rings. The Morgan fingerprint density at radius 2 is 1.94 bits per heavy atom. The number of alkyl halides is 3. The molecule has 7 nitrogen and oxygen atoms in total. The van der Waals surface area contributed by atoms with Crippen LogP contribution in [-0.2, 0) is 0 Å². The Hall–Kier alpha value is -2.18. The van der Waals surface area contributed by atoms with Crippen LogP contribution in [0.3, 0.4) is 0 Å². The van der Waals surface area contributed by atoms with E-state index in [0.717, 1.165) is 4.70 Å². The van der Waals surface area contributed by atoms with Crippen molar-refractivity contribution in [1.82, 2.24) is 20.5 Å². The number of hydrogen-bond acceptors (Lipinski definition) is 6. The Morgan fingerprint density at radius 1 is 1.25 bits per heavy atom. The van der Waals surface area contributed by atoms with Gasteiger partial charge >= 0.3 is 12.2 Å². The zero-order chi connectivity index (χ0) is 22.9. The van der Waals surface area contributed by atoms with E-state index in [4.69, 9.17) is 9.84 Å². The van der Waals surface area contributed by atoms with E-state index in [2.05, 4.69) is 15.6 Å². The maximum absolute atomic E-state index is 13.7. The molecule has 2 amide bonds. The van der Waals surface area contributed by atoms with E-state index in [-0.39, 0.29) is 24.2 Å². The van der Waals surface area contributed by atoms with Gasteiger partial charge in [-0.25, -0.2) is 14.2 Å². The molecule has 0 radical (unpaired) electrons. The molecule has 12 heteroatoms. The number of likely N-dealkylation sites (tertiary alicyclic amines) is 1. The molecule has 3 N–H and O–H groups in total. The number of fused-ring (bicyclic) bond motifs is 1. The standard InChI is InChI=1S/C20H24F4N4O3S/c21-11-5-15-18(32-10-25-15)16(6-11)31-14-7-28(8-14)19(30)27-13-3-1-12(2-4-13)26-17(9-29)20(22,23)24/h5-6,10,12-14,17,26,29H,1-4,7-9H2,(H,27,30)/t12-,13+,17?. The predicted molar refractivity (Wildman–Crippen MR) is 110 cm³/mol. The number of hydrogen-bond donors (Lipinski definition) is 3. The summed E-state index contributed by atoms with van der Waals surface area (Å²) in [5.74, 6) is -0.0172. The number of urea groups is 1. The fraction of sp³-hybridized carbons (Fsp3) is 0.600. The van der Waals surface area contributed by atoms with Crippen molar-refractivity contribution in [3.8, 4) is 5.75 Å². The molecule has 176 valence electrons. The molecule has 1 unspecified atom stereocenters. The number of thiazole rings is 1. The molecule has 0 spiro atoms. The summed E-state index contributed by atoms with van der Waals surface area (Å²) in [6, 6.07) is 0.0253. The monoisotopic (exact) mass is 476 g/mol. The Bertz CT molecular complexity index is 943. The van der Waals surface area contributed by atoms with Crippen LogP contribution in [0.2, 0.25) is 0 Å². The molecular formula is C20H24F4N4O3S. The molecule has 32 heavy (non-hydrogen) atoms. The number of ether oxygens (including phenoxy) is 1. The maximum atomic E-state index is 13.7. The van der Waals surface area contributed by atoms with Crippen molar-refractivity contribution >= 4 is 27.6 Å². The van der Waals surface area contributed by atoms with Gasteiger partial charge in [-0.05, 0) is 25.7 Å². The SMILES string of the molecule is O=C(N[C@H]1CC[C@@H](NC(CO)C(F)(F)F)CC1)N1CC(Oc2cc(F)cc3ncsc23)C1. The Balaban J connectivity index is 1.20. The van der Waals surface area contributed by atoms with Gasteiger partial charge in [0.2, 0.25) is 0 Å². The van der Waals surface area contributed by atoms with Gasteiger partial charge in [0.25, 0.3) is 0 Å². The summed E-state index contributed by atoms with van der Waals surface area (Å²) < 4.78 is 58.7. The number of aliphatic hydroxyl groups is 1. The average molecular weight is 476 g/mol. The van der Waals surface area contributed by atoms with Crippen molar-refractivity contribution in [2.75, 3.05) is 19.7 Å². The number of aromatic nitrogens is 1. The fourth-order valence-corrected chi connectivity index (χ4v) is 4.78. The van der Waals surface area contributed by atoms with Gasteiger partial charge in [-0.1, -0.05) is 0 Å². The number of nitrogens with one attached hydrogen (secondary N) is 2. The Morgan fingerprint density at radius 3 is 2.59 bits per heavy atom. The highest BCUT2D eigenvalue weighted by atomic mass is 32.1. The van der Waals surface area contributed by atoms with Crippen LogP contribution >= 0.6 is 11.3 Å². The number of carbonyl (C=O) groups is 1. The van der Waals surface area contributed by atoms with Crippen molar-refractivity contribution in [1.29, 1.82) is 0 Å². The smallest absolute Gasteiger partial charge is 0.406 e. The fourth-order valence-electron chi connectivity index (χ4n) is 4.06. The number of amides is 2. The lowest BCUT2D eigenvalue weighted by molar-refractivity contribution is -0.166. The first-order chi connectivity index (χ1) is 15.2. The van der Waals surface area contributed by atoms with E-state index in [9.17, 15) is 22.4 Å². The average Bonchev–Trinajstić information content (AvgIpc) is 3.17. The lowest BCUT2D eigenvalue weighted by Crippen LogP contribution is -2.60. The van der Waals surface area contributed by atoms with Crippen molar-refractivity contribution in [2.24, 2.45) is 0 Å². The normalized spacial score (nSPS) is 23.1. The molecule has 1 saturated carbocycles. The highest BCUT2D eigenvalue weighted by Gasteiger charge is 2.41. The lowest BCUT2D eigenvalue weighted by Gasteiger charge is -2.40. The minimum absolute atomic E-state index is 0.112. The topological polar surface area (TPSA) is 86.7 Å². The number of nitrogens with zero attached hydrogens (tertiary/aromatic N) is 2. The van der Waals surface area contributed by atoms with Crippen LogP contribution in [0.4, 0.5) is 22.4 Å². The number of halogens is 4. The molecule has 1 aliphatic heterocycles. The first-order valence-corrected chi connectivity index (χ1v) is 11.3. The van der Waals surface area contributed by atoms with Gasteiger partial charge in [-0.2, -0.15) is 13.2 Å². The minimum atomic E-state index is -4.49. The van der Waals surface area contributed by atoms with E-state index >= 15 is 0 Å². The molecular weight excluding hydrogens is 452 g/mol. The summed E-state index contributed by atoms with van der Waals surface area (Å²) in [5, 5.41) is 14.3. The second-order valence-electron chi connectivity index (χ2n) is 8.19. The van der Waals surface area contributed by atoms with Crippen LogP contribution in [0.25, 0.3) is 10.2 Å². The summed E-state index contributed by atoms with van der Waals surface area (Å²) >= 11 is 1.36. The molecule has 1 aliphatic carbocycles. The first-order valence-electron chi connectivity index (χ1n) is 10.4. The first kappa shape index (κ1) is 23.0. The number of benzene rings is 1. The highest BCUT2D eigenvalue weighted by molar-refractivity contribution is 7.17. The van der Waals surface area contributed by atoms with E-state index in [1.807, 2.05) is 0 Å².